The molecule has 0 radical (unpaired) electrons. The SMILES string of the molecule is COc1cc(NC(=O)c2csc(C#CCN)c2)ccc1F. The Kier molecular flexibility index (Phi) is 4.93. The Morgan fingerprint density at radius 1 is 1.48 bits per heavy atom. The van der Waals surface area contributed by atoms with E-state index < -0.39 is 5.82 Å². The highest BCUT2D eigenvalue weighted by Gasteiger charge is 2.10. The van der Waals surface area contributed by atoms with Crippen molar-refractivity contribution in [3.05, 3.63) is 45.9 Å². The molecule has 4 nitrogen and oxygen atoms in total. The lowest BCUT2D eigenvalue weighted by Crippen LogP contribution is -2.11. The number of amides is 1. The molecule has 1 aromatic heterocycles. The quantitative estimate of drug-likeness (QED) is 0.856. The summed E-state index contributed by atoms with van der Waals surface area (Å²) in [5.41, 5.74) is 6.24. The van der Waals surface area contributed by atoms with E-state index >= 15 is 0 Å². The number of hydrogen-bond acceptors (Lipinski definition) is 4. The smallest absolute Gasteiger partial charge is 0.256 e. The number of nitrogens with one attached hydrogen (secondary N) is 1. The Hall–Kier alpha value is -2.36. The van der Waals surface area contributed by atoms with Crippen LogP contribution in [0.5, 0.6) is 5.75 Å². The zero-order valence-corrected chi connectivity index (χ0v) is 12.1. The first-order valence-corrected chi connectivity index (χ1v) is 6.94. The molecule has 0 bridgehead atoms. The molecule has 0 spiro atoms. The van der Waals surface area contributed by atoms with E-state index in [-0.39, 0.29) is 18.2 Å². The maximum atomic E-state index is 13.3. The number of rotatable bonds is 3. The third-order valence-corrected chi connectivity index (χ3v) is 3.43. The van der Waals surface area contributed by atoms with Gasteiger partial charge in [0.1, 0.15) is 0 Å². The van der Waals surface area contributed by atoms with E-state index in [1.54, 1.807) is 11.4 Å². The van der Waals surface area contributed by atoms with Crippen molar-refractivity contribution < 1.29 is 13.9 Å². The Labute approximate surface area is 125 Å². The van der Waals surface area contributed by atoms with Gasteiger partial charge in [0.25, 0.3) is 5.91 Å². The summed E-state index contributed by atoms with van der Waals surface area (Å²) in [5, 5.41) is 4.38. The van der Waals surface area contributed by atoms with Crippen LogP contribution in [-0.4, -0.2) is 19.6 Å². The highest BCUT2D eigenvalue weighted by molar-refractivity contribution is 7.10. The molecular formula is C15H13FN2O2S. The molecule has 21 heavy (non-hydrogen) atoms. The number of halogens is 1. The first-order chi connectivity index (χ1) is 10.1. The van der Waals surface area contributed by atoms with Gasteiger partial charge < -0.3 is 15.8 Å². The van der Waals surface area contributed by atoms with E-state index in [2.05, 4.69) is 17.2 Å². The number of ether oxygens (including phenoxy) is 1. The monoisotopic (exact) mass is 304 g/mol. The fourth-order valence-electron chi connectivity index (χ4n) is 1.60. The zero-order valence-electron chi connectivity index (χ0n) is 11.3. The molecule has 1 heterocycles. The second-order valence-corrected chi connectivity index (χ2v) is 4.92. The summed E-state index contributed by atoms with van der Waals surface area (Å²) in [6.07, 6.45) is 0. The van der Waals surface area contributed by atoms with Gasteiger partial charge in [-0.05, 0) is 18.2 Å². The van der Waals surface area contributed by atoms with Crippen LogP contribution in [0.2, 0.25) is 0 Å². The normalized spacial score (nSPS) is 9.67. The fraction of sp³-hybridized carbons (Fsp3) is 0.133. The van der Waals surface area contributed by atoms with Gasteiger partial charge in [0.05, 0.1) is 24.1 Å². The summed E-state index contributed by atoms with van der Waals surface area (Å²) in [7, 11) is 1.37. The number of methoxy groups -OCH3 is 1. The molecule has 3 N–H and O–H groups in total. The second kappa shape index (κ2) is 6.88. The number of hydrogen-bond donors (Lipinski definition) is 2. The van der Waals surface area contributed by atoms with Gasteiger partial charge in [-0.3, -0.25) is 4.79 Å². The molecule has 108 valence electrons. The predicted molar refractivity (Wildman–Crippen MR) is 81.2 cm³/mol. The third kappa shape index (κ3) is 3.81. The molecule has 0 atom stereocenters. The second-order valence-electron chi connectivity index (χ2n) is 4.01. The van der Waals surface area contributed by atoms with Crippen molar-refractivity contribution in [3.8, 4) is 17.6 Å². The maximum Gasteiger partial charge on any atom is 0.256 e. The van der Waals surface area contributed by atoms with Crippen LogP contribution in [0.3, 0.4) is 0 Å². The van der Waals surface area contributed by atoms with Gasteiger partial charge in [-0.2, -0.15) is 0 Å². The van der Waals surface area contributed by atoms with Gasteiger partial charge in [0.15, 0.2) is 11.6 Å². The van der Waals surface area contributed by atoms with Gasteiger partial charge >= 0.3 is 0 Å². The van der Waals surface area contributed by atoms with Crippen LogP contribution in [-0.2, 0) is 0 Å². The van der Waals surface area contributed by atoms with Crippen molar-refractivity contribution in [2.24, 2.45) is 5.73 Å². The summed E-state index contributed by atoms with van der Waals surface area (Å²) in [5.74, 6) is 4.89. The minimum atomic E-state index is -0.481. The molecule has 0 fully saturated rings. The van der Waals surface area contributed by atoms with Gasteiger partial charge in [-0.1, -0.05) is 11.8 Å². The molecule has 0 unspecified atom stereocenters. The molecule has 6 heteroatoms. The van der Waals surface area contributed by atoms with Crippen LogP contribution in [0, 0.1) is 17.7 Å². The van der Waals surface area contributed by atoms with Crippen LogP contribution in [0.4, 0.5) is 10.1 Å². The van der Waals surface area contributed by atoms with Crippen molar-refractivity contribution >= 4 is 22.9 Å². The zero-order chi connectivity index (χ0) is 15.2. The molecule has 1 aromatic carbocycles. The lowest BCUT2D eigenvalue weighted by atomic mass is 10.2. The van der Waals surface area contributed by atoms with Crippen LogP contribution in [0.25, 0.3) is 0 Å². The predicted octanol–water partition coefficient (Wildman–Crippen LogP) is 2.46. The Morgan fingerprint density at radius 2 is 2.29 bits per heavy atom. The number of carbonyl (C=O) groups excluding carboxylic acids is 1. The third-order valence-electron chi connectivity index (χ3n) is 2.58. The maximum absolute atomic E-state index is 13.3. The molecular weight excluding hydrogens is 291 g/mol. The number of carbonyl (C=O) groups is 1. The topological polar surface area (TPSA) is 64.3 Å². The van der Waals surface area contributed by atoms with Gasteiger partial charge in [-0.25, -0.2) is 4.39 Å². The minimum absolute atomic E-state index is 0.0765. The van der Waals surface area contributed by atoms with Gasteiger partial charge in [-0.15, -0.1) is 11.3 Å². The number of nitrogens with two attached hydrogens (primary N) is 1. The molecule has 0 aliphatic heterocycles. The van der Waals surface area contributed by atoms with E-state index in [4.69, 9.17) is 10.5 Å². The van der Waals surface area contributed by atoms with Crippen LogP contribution in [0.1, 0.15) is 15.2 Å². The number of anilines is 1. The lowest BCUT2D eigenvalue weighted by Gasteiger charge is -2.06. The number of thiophene rings is 1. The first kappa shape index (κ1) is 15.0. The fourth-order valence-corrected chi connectivity index (χ4v) is 2.35. The molecule has 2 rings (SSSR count). The average Bonchev–Trinajstić information content (AvgIpc) is 2.96. The van der Waals surface area contributed by atoms with Crippen molar-refractivity contribution in [1.29, 1.82) is 0 Å². The Bertz CT molecular complexity index is 716. The molecule has 2 aromatic rings. The van der Waals surface area contributed by atoms with Crippen LogP contribution < -0.4 is 15.8 Å². The van der Waals surface area contributed by atoms with Crippen molar-refractivity contribution in [2.75, 3.05) is 19.0 Å². The number of benzene rings is 1. The van der Waals surface area contributed by atoms with Gasteiger partial charge in [0.2, 0.25) is 0 Å². The summed E-state index contributed by atoms with van der Waals surface area (Å²) in [4.78, 5) is 12.8. The van der Waals surface area contributed by atoms with Crippen LogP contribution in [0.15, 0.2) is 29.6 Å². The molecule has 1 amide bonds. The summed E-state index contributed by atoms with van der Waals surface area (Å²) in [6, 6.07) is 5.82. The van der Waals surface area contributed by atoms with Gasteiger partial charge in [0, 0.05) is 17.1 Å². The van der Waals surface area contributed by atoms with E-state index in [0.29, 0.717) is 11.3 Å². The van der Waals surface area contributed by atoms with Crippen molar-refractivity contribution in [2.45, 2.75) is 0 Å². The summed E-state index contributed by atoms with van der Waals surface area (Å²) < 4.78 is 18.2. The minimum Gasteiger partial charge on any atom is -0.494 e. The summed E-state index contributed by atoms with van der Waals surface area (Å²) >= 11 is 1.36. The first-order valence-electron chi connectivity index (χ1n) is 6.06. The van der Waals surface area contributed by atoms with E-state index in [1.807, 2.05) is 0 Å². The highest BCUT2D eigenvalue weighted by Crippen LogP contribution is 2.22. The Balaban J connectivity index is 2.12. The van der Waals surface area contributed by atoms with Crippen molar-refractivity contribution in [3.63, 3.8) is 0 Å². The highest BCUT2D eigenvalue weighted by atomic mass is 32.1. The Morgan fingerprint density at radius 3 is 3.00 bits per heavy atom. The largest absolute Gasteiger partial charge is 0.494 e. The summed E-state index contributed by atoms with van der Waals surface area (Å²) in [6.45, 7) is 0.273. The molecule has 0 saturated carbocycles. The average molecular weight is 304 g/mol. The van der Waals surface area contributed by atoms with Crippen molar-refractivity contribution in [1.82, 2.24) is 0 Å². The van der Waals surface area contributed by atoms with Crippen LogP contribution >= 0.6 is 11.3 Å². The van der Waals surface area contributed by atoms with E-state index in [1.165, 1.54) is 36.6 Å². The molecule has 0 aliphatic carbocycles. The van der Waals surface area contributed by atoms with E-state index in [0.717, 1.165) is 4.88 Å². The molecule has 0 aliphatic rings. The lowest BCUT2D eigenvalue weighted by molar-refractivity contribution is 0.102. The molecule has 0 saturated heterocycles. The standard InChI is InChI=1S/C15H13FN2O2S/c1-20-14-8-11(4-5-13(14)16)18-15(19)10-7-12(21-9-10)3-2-6-17/h4-5,7-9H,6,17H2,1H3,(H,18,19). The van der Waals surface area contributed by atoms with E-state index in [9.17, 15) is 9.18 Å².